The Morgan fingerprint density at radius 3 is 2.60 bits per heavy atom. The van der Waals surface area contributed by atoms with Gasteiger partial charge in [0.05, 0.1) is 11.1 Å². The zero-order chi connectivity index (χ0) is 11.4. The first kappa shape index (κ1) is 13.0. The highest BCUT2D eigenvalue weighted by molar-refractivity contribution is 9.11. The molecule has 0 amide bonds. The van der Waals surface area contributed by atoms with Crippen LogP contribution >= 0.6 is 31.9 Å². The first-order chi connectivity index (χ1) is 7.10. The van der Waals surface area contributed by atoms with E-state index in [1.807, 2.05) is 6.07 Å². The van der Waals surface area contributed by atoms with Gasteiger partial charge in [-0.05, 0) is 52.9 Å². The molecular formula is C12H15Br2O. The summed E-state index contributed by atoms with van der Waals surface area (Å²) < 4.78 is 7.62. The number of hydrogen-bond donors (Lipinski definition) is 0. The van der Waals surface area contributed by atoms with Crippen molar-refractivity contribution in [2.24, 2.45) is 0 Å². The van der Waals surface area contributed by atoms with Crippen LogP contribution in [0.4, 0.5) is 0 Å². The molecule has 1 radical (unpaired) electrons. The summed E-state index contributed by atoms with van der Waals surface area (Å²) in [6.07, 6.45) is 1.09. The summed E-state index contributed by atoms with van der Waals surface area (Å²) in [7, 11) is 0. The lowest BCUT2D eigenvalue weighted by molar-refractivity contribution is 0.352. The van der Waals surface area contributed by atoms with Crippen LogP contribution in [-0.4, -0.2) is 6.61 Å². The topological polar surface area (TPSA) is 9.23 Å². The Labute approximate surface area is 108 Å². The van der Waals surface area contributed by atoms with Crippen LogP contribution in [0.3, 0.4) is 0 Å². The first-order valence-electron chi connectivity index (χ1n) is 5.01. The van der Waals surface area contributed by atoms with Gasteiger partial charge in [-0.2, -0.15) is 0 Å². The number of rotatable bonds is 4. The Morgan fingerprint density at radius 1 is 1.40 bits per heavy atom. The molecule has 0 bridgehead atoms. The highest BCUT2D eigenvalue weighted by Gasteiger charge is 2.14. The van der Waals surface area contributed by atoms with Crippen LogP contribution < -0.4 is 4.74 Å². The van der Waals surface area contributed by atoms with E-state index in [9.17, 15) is 0 Å². The van der Waals surface area contributed by atoms with E-state index >= 15 is 0 Å². The lowest BCUT2D eigenvalue weighted by Gasteiger charge is -2.17. The number of benzene rings is 1. The normalized spacial score (nSPS) is 12.6. The number of ether oxygens (including phenoxy) is 1. The molecule has 1 atom stereocenters. The van der Waals surface area contributed by atoms with Crippen LogP contribution in [0.5, 0.6) is 5.75 Å². The van der Waals surface area contributed by atoms with Crippen LogP contribution in [0.1, 0.15) is 31.7 Å². The van der Waals surface area contributed by atoms with E-state index in [2.05, 4.69) is 58.7 Å². The summed E-state index contributed by atoms with van der Waals surface area (Å²) in [5.41, 5.74) is 1.22. The van der Waals surface area contributed by atoms with E-state index in [1.165, 1.54) is 5.56 Å². The highest BCUT2D eigenvalue weighted by atomic mass is 79.9. The van der Waals surface area contributed by atoms with Crippen molar-refractivity contribution >= 4 is 31.9 Å². The van der Waals surface area contributed by atoms with E-state index in [0.717, 1.165) is 21.1 Å². The van der Waals surface area contributed by atoms with Crippen molar-refractivity contribution in [3.05, 3.63) is 33.6 Å². The van der Waals surface area contributed by atoms with Crippen molar-refractivity contribution in [1.29, 1.82) is 0 Å². The van der Waals surface area contributed by atoms with E-state index in [0.29, 0.717) is 12.5 Å². The molecule has 0 spiro atoms. The highest BCUT2D eigenvalue weighted by Crippen LogP contribution is 2.37. The molecule has 1 aromatic carbocycles. The standard InChI is InChI=1S/C12H15Br2O/c1-4-8(3)10-6-9(13)7-11(14)12(10)15-5-2/h6-8H,2,4-5H2,1,3H3. The quantitative estimate of drug-likeness (QED) is 0.757. The van der Waals surface area contributed by atoms with Crippen LogP contribution in [0.2, 0.25) is 0 Å². The van der Waals surface area contributed by atoms with Crippen LogP contribution in [0.25, 0.3) is 0 Å². The maximum atomic E-state index is 5.57. The van der Waals surface area contributed by atoms with Gasteiger partial charge in [-0.15, -0.1) is 0 Å². The molecule has 1 aromatic rings. The third-order valence-corrected chi connectivity index (χ3v) is 3.47. The molecule has 15 heavy (non-hydrogen) atoms. The molecule has 0 saturated carbocycles. The van der Waals surface area contributed by atoms with E-state index in [1.54, 1.807) is 0 Å². The summed E-state index contributed by atoms with van der Waals surface area (Å²) in [5.74, 6) is 1.41. The van der Waals surface area contributed by atoms with Gasteiger partial charge >= 0.3 is 0 Å². The van der Waals surface area contributed by atoms with E-state index in [4.69, 9.17) is 4.74 Å². The second-order valence-corrected chi connectivity index (χ2v) is 5.23. The Kier molecular flexibility index (Phi) is 5.13. The maximum absolute atomic E-state index is 5.57. The van der Waals surface area contributed by atoms with Gasteiger partial charge in [-0.1, -0.05) is 29.8 Å². The molecule has 0 aromatic heterocycles. The van der Waals surface area contributed by atoms with Crippen molar-refractivity contribution in [3.8, 4) is 5.75 Å². The SMILES string of the molecule is [CH2]COc1c(Br)cc(Br)cc1C(C)CC. The van der Waals surface area contributed by atoms with Crippen molar-refractivity contribution < 1.29 is 4.74 Å². The Bertz CT molecular complexity index is 337. The molecule has 0 heterocycles. The van der Waals surface area contributed by atoms with Crippen LogP contribution in [0, 0.1) is 6.92 Å². The van der Waals surface area contributed by atoms with Crippen molar-refractivity contribution in [2.45, 2.75) is 26.2 Å². The van der Waals surface area contributed by atoms with E-state index in [-0.39, 0.29) is 0 Å². The molecule has 83 valence electrons. The van der Waals surface area contributed by atoms with Crippen molar-refractivity contribution in [1.82, 2.24) is 0 Å². The number of hydrogen-bond acceptors (Lipinski definition) is 1. The van der Waals surface area contributed by atoms with Crippen LogP contribution in [-0.2, 0) is 0 Å². The second-order valence-electron chi connectivity index (χ2n) is 3.46. The summed E-state index contributed by atoms with van der Waals surface area (Å²) in [5, 5.41) is 0. The minimum absolute atomic E-state index is 0.448. The molecule has 0 aliphatic rings. The van der Waals surface area contributed by atoms with Crippen molar-refractivity contribution in [3.63, 3.8) is 0 Å². The minimum atomic E-state index is 0.448. The number of halogens is 2. The largest absolute Gasteiger partial charge is 0.492 e. The summed E-state index contributed by atoms with van der Waals surface area (Å²) >= 11 is 7.01. The minimum Gasteiger partial charge on any atom is -0.492 e. The Balaban J connectivity index is 3.20. The lowest BCUT2D eigenvalue weighted by atomic mass is 9.98. The fourth-order valence-electron chi connectivity index (χ4n) is 1.42. The van der Waals surface area contributed by atoms with E-state index < -0.39 is 0 Å². The van der Waals surface area contributed by atoms with Gasteiger partial charge in [-0.3, -0.25) is 0 Å². The summed E-state index contributed by atoms with van der Waals surface area (Å²) in [6, 6.07) is 4.11. The van der Waals surface area contributed by atoms with Gasteiger partial charge in [-0.25, -0.2) is 0 Å². The van der Waals surface area contributed by atoms with Gasteiger partial charge in [0, 0.05) is 4.47 Å². The lowest BCUT2D eigenvalue weighted by Crippen LogP contribution is -2.01. The molecule has 0 aliphatic carbocycles. The molecule has 0 aliphatic heterocycles. The monoisotopic (exact) mass is 333 g/mol. The second kappa shape index (κ2) is 5.90. The molecule has 1 rings (SSSR count). The molecule has 0 fully saturated rings. The Morgan fingerprint density at radius 2 is 2.07 bits per heavy atom. The fraction of sp³-hybridized carbons (Fsp3) is 0.417. The molecule has 0 saturated heterocycles. The van der Waals surface area contributed by atoms with Gasteiger partial charge in [0.1, 0.15) is 5.75 Å². The molecule has 0 N–H and O–H groups in total. The predicted octanol–water partition coefficient (Wildman–Crippen LogP) is 4.94. The maximum Gasteiger partial charge on any atom is 0.136 e. The molecular weight excluding hydrogens is 320 g/mol. The average molecular weight is 335 g/mol. The predicted molar refractivity (Wildman–Crippen MR) is 71.4 cm³/mol. The fourth-order valence-corrected chi connectivity index (χ4v) is 2.79. The molecule has 3 heteroatoms. The van der Waals surface area contributed by atoms with Gasteiger partial charge in [0.25, 0.3) is 0 Å². The van der Waals surface area contributed by atoms with Crippen molar-refractivity contribution in [2.75, 3.05) is 6.61 Å². The smallest absolute Gasteiger partial charge is 0.136 e. The average Bonchev–Trinajstić information content (AvgIpc) is 2.20. The summed E-state index contributed by atoms with van der Waals surface area (Å²) in [4.78, 5) is 0. The van der Waals surface area contributed by atoms with Gasteiger partial charge in [0.15, 0.2) is 0 Å². The third-order valence-electron chi connectivity index (χ3n) is 2.43. The molecule has 1 nitrogen and oxygen atoms in total. The zero-order valence-electron chi connectivity index (χ0n) is 9.02. The van der Waals surface area contributed by atoms with Crippen LogP contribution in [0.15, 0.2) is 21.1 Å². The third kappa shape index (κ3) is 3.22. The van der Waals surface area contributed by atoms with Gasteiger partial charge < -0.3 is 4.74 Å². The molecule has 1 unspecified atom stereocenters. The summed E-state index contributed by atoms with van der Waals surface area (Å²) in [6.45, 7) is 8.54. The zero-order valence-corrected chi connectivity index (χ0v) is 12.2. The Hall–Kier alpha value is -0.0200. The first-order valence-corrected chi connectivity index (χ1v) is 6.59. The van der Waals surface area contributed by atoms with Gasteiger partial charge in [0.2, 0.25) is 0 Å².